The number of piperidine rings is 1. The third-order valence-electron chi connectivity index (χ3n) is 8.99. The number of carbonyl (C=O) groups excluding carboxylic acids is 1. The number of nitrogens with two attached hydrogens (primary N) is 1. The molecule has 2 aromatic rings. The number of carbonyl (C=O) groups is 1. The zero-order valence-electron chi connectivity index (χ0n) is 23.4. The Kier molecular flexibility index (Phi) is 7.81. The Hall–Kier alpha value is -3.01. The van der Waals surface area contributed by atoms with Gasteiger partial charge in [-0.15, -0.1) is 0 Å². The largest absolute Gasteiger partial charge is 0.420 e. The fourth-order valence-corrected chi connectivity index (χ4v) is 6.49. The van der Waals surface area contributed by atoms with Crippen molar-refractivity contribution in [1.82, 2.24) is 24.7 Å². The average Bonchev–Trinajstić information content (AvgIpc) is 3.49. The average molecular weight is 533 g/mol. The van der Waals surface area contributed by atoms with Gasteiger partial charge in [-0.3, -0.25) is 4.90 Å². The first-order valence-corrected chi connectivity index (χ1v) is 14.6. The van der Waals surface area contributed by atoms with E-state index in [1.54, 1.807) is 6.33 Å². The first kappa shape index (κ1) is 26.2. The number of rotatable bonds is 5. The number of allylic oxidation sites excluding steroid dienone is 4. The number of benzene rings is 1. The smallest absolute Gasteiger partial charge is 0.378 e. The topological polar surface area (TPSA) is 81.7 Å². The van der Waals surface area contributed by atoms with Crippen LogP contribution < -0.4 is 10.2 Å². The van der Waals surface area contributed by atoms with Crippen molar-refractivity contribution in [3.8, 4) is 0 Å². The summed E-state index contributed by atoms with van der Waals surface area (Å²) in [5.41, 5.74) is 5.89. The second-order valence-corrected chi connectivity index (χ2v) is 11.6. The molecule has 0 radical (unpaired) electrons. The lowest BCUT2D eigenvalue weighted by atomic mass is 9.91. The van der Waals surface area contributed by atoms with E-state index in [1.807, 2.05) is 10.2 Å². The van der Waals surface area contributed by atoms with Gasteiger partial charge < -0.3 is 19.4 Å². The van der Waals surface area contributed by atoms with Gasteiger partial charge in [0.2, 0.25) is 0 Å². The highest BCUT2D eigenvalue weighted by atomic mass is 16.5. The van der Waals surface area contributed by atoms with Crippen LogP contribution in [0.2, 0.25) is 0 Å². The number of fused-ring (bicyclic) bond motifs is 1. The van der Waals surface area contributed by atoms with E-state index in [0.29, 0.717) is 12.0 Å². The van der Waals surface area contributed by atoms with E-state index in [4.69, 9.17) is 9.72 Å². The summed E-state index contributed by atoms with van der Waals surface area (Å²) in [5.74, 6) is 0.350. The van der Waals surface area contributed by atoms with Crippen LogP contribution in [0.3, 0.4) is 0 Å². The molecule has 2 amide bonds. The minimum atomic E-state index is 0.141. The Bertz CT molecular complexity index is 1250. The van der Waals surface area contributed by atoms with Gasteiger partial charge in [-0.05, 0) is 70.1 Å². The van der Waals surface area contributed by atoms with Gasteiger partial charge in [-0.1, -0.05) is 0 Å². The molecule has 2 N–H and O–H groups in total. The fourth-order valence-electron chi connectivity index (χ4n) is 6.49. The van der Waals surface area contributed by atoms with Crippen LogP contribution in [0.4, 0.5) is 10.5 Å². The molecule has 3 fully saturated rings. The molecule has 9 heteroatoms. The Morgan fingerprint density at radius 1 is 0.974 bits per heavy atom. The van der Waals surface area contributed by atoms with Crippen molar-refractivity contribution in [3.63, 3.8) is 0 Å². The molecular formula is C30H42N7O2+. The van der Waals surface area contributed by atoms with Crippen molar-refractivity contribution in [2.24, 2.45) is 0 Å². The summed E-state index contributed by atoms with van der Waals surface area (Å²) in [6, 6.07) is 7.41. The van der Waals surface area contributed by atoms with Gasteiger partial charge in [-0.25, -0.2) is 20.1 Å². The summed E-state index contributed by atoms with van der Waals surface area (Å²) >= 11 is 0. The summed E-state index contributed by atoms with van der Waals surface area (Å²) in [6.45, 7) is 7.21. The quantitative estimate of drug-likeness (QED) is 0.634. The fraction of sp³-hybridized carbons (Fsp3) is 0.567. The van der Waals surface area contributed by atoms with Crippen molar-refractivity contribution in [1.29, 1.82) is 0 Å². The SMILES string of the molecule is CN(C)C1CCN(c2ccc3c(C4CCN(C(=O)[NH2+]C5=CC=C(N6CCOCC6)CC5)CC4)ncnc3c2)C1. The number of hydrogen-bond acceptors (Lipinski definition) is 7. The van der Waals surface area contributed by atoms with E-state index in [9.17, 15) is 4.79 Å². The lowest BCUT2D eigenvalue weighted by Crippen LogP contribution is -2.89. The highest BCUT2D eigenvalue weighted by Gasteiger charge is 2.30. The number of morpholine rings is 1. The molecule has 4 aliphatic rings. The number of nitrogens with zero attached hydrogens (tertiary/aromatic N) is 6. The lowest BCUT2D eigenvalue weighted by Gasteiger charge is -2.32. The monoisotopic (exact) mass is 532 g/mol. The summed E-state index contributed by atoms with van der Waals surface area (Å²) in [7, 11) is 4.33. The maximum Gasteiger partial charge on any atom is 0.420 e. The number of aromatic nitrogens is 2. The molecule has 0 saturated carbocycles. The van der Waals surface area contributed by atoms with E-state index < -0.39 is 0 Å². The molecule has 3 aliphatic heterocycles. The molecule has 0 bridgehead atoms. The van der Waals surface area contributed by atoms with E-state index in [-0.39, 0.29) is 6.03 Å². The van der Waals surface area contributed by atoms with Gasteiger partial charge in [0.15, 0.2) is 0 Å². The minimum Gasteiger partial charge on any atom is -0.378 e. The van der Waals surface area contributed by atoms with Gasteiger partial charge in [-0.2, -0.15) is 0 Å². The standard InChI is InChI=1S/C30H41N7O2/c1-34(2)26-11-14-37(20-26)25-7-8-27-28(19-25)31-21-32-29(27)22-9-12-36(13-10-22)30(38)33-23-3-5-24(6-4-23)35-15-17-39-18-16-35/h3,5,7-8,19,21-22,26H,4,6,9-18,20H2,1-2H3,(H,33,38)/p+1. The molecule has 6 rings (SSSR count). The van der Waals surface area contributed by atoms with Crippen LogP contribution in [0, 0.1) is 0 Å². The maximum absolute atomic E-state index is 13.1. The first-order chi connectivity index (χ1) is 19.0. The van der Waals surface area contributed by atoms with Crippen LogP contribution >= 0.6 is 0 Å². The van der Waals surface area contributed by atoms with Crippen LogP contribution in [0.15, 0.2) is 48.1 Å². The summed E-state index contributed by atoms with van der Waals surface area (Å²) in [5, 5.41) is 3.00. The summed E-state index contributed by atoms with van der Waals surface area (Å²) < 4.78 is 5.47. The summed E-state index contributed by atoms with van der Waals surface area (Å²) in [4.78, 5) is 31.6. The number of primary amides is 1. The molecule has 0 spiro atoms. The molecule has 1 unspecified atom stereocenters. The second kappa shape index (κ2) is 11.6. The van der Waals surface area contributed by atoms with E-state index in [2.05, 4.69) is 64.1 Å². The van der Waals surface area contributed by atoms with Crippen molar-refractivity contribution in [2.75, 3.05) is 71.5 Å². The molecule has 3 saturated heterocycles. The number of ether oxygens (including phenoxy) is 1. The number of likely N-dealkylation sites (N-methyl/N-ethyl adjacent to an activating group) is 1. The van der Waals surface area contributed by atoms with Crippen molar-refractivity contribution >= 4 is 22.6 Å². The molecule has 9 nitrogen and oxygen atoms in total. The van der Waals surface area contributed by atoms with Crippen LogP contribution in [0.5, 0.6) is 0 Å². The normalized spacial score (nSPS) is 22.9. The summed E-state index contributed by atoms with van der Waals surface area (Å²) in [6.07, 6.45) is 11.0. The lowest BCUT2D eigenvalue weighted by molar-refractivity contribution is -0.513. The maximum atomic E-state index is 13.1. The predicted octanol–water partition coefficient (Wildman–Crippen LogP) is 2.53. The van der Waals surface area contributed by atoms with E-state index in [0.717, 1.165) is 100 Å². The number of urea groups is 1. The second-order valence-electron chi connectivity index (χ2n) is 11.6. The molecule has 39 heavy (non-hydrogen) atoms. The molecule has 1 atom stereocenters. The molecule has 4 heterocycles. The highest BCUT2D eigenvalue weighted by Crippen LogP contribution is 2.33. The van der Waals surface area contributed by atoms with Gasteiger partial charge in [0.25, 0.3) is 0 Å². The molecule has 1 aliphatic carbocycles. The number of likely N-dealkylation sites (tertiary alicyclic amines) is 1. The zero-order valence-corrected chi connectivity index (χ0v) is 23.4. The van der Waals surface area contributed by atoms with Crippen LogP contribution in [0.1, 0.15) is 43.7 Å². The number of amides is 2. The third kappa shape index (κ3) is 5.81. The first-order valence-electron chi connectivity index (χ1n) is 14.6. The molecular weight excluding hydrogens is 490 g/mol. The van der Waals surface area contributed by atoms with Crippen molar-refractivity contribution in [2.45, 2.75) is 44.1 Å². The Balaban J connectivity index is 1.05. The van der Waals surface area contributed by atoms with Gasteiger partial charge in [0, 0.05) is 74.4 Å². The Morgan fingerprint density at radius 3 is 2.51 bits per heavy atom. The van der Waals surface area contributed by atoms with Gasteiger partial charge in [0.05, 0.1) is 24.4 Å². The Labute approximate surface area is 231 Å². The van der Waals surface area contributed by atoms with Gasteiger partial charge in [0.1, 0.15) is 12.0 Å². The third-order valence-corrected chi connectivity index (χ3v) is 8.99. The highest BCUT2D eigenvalue weighted by molar-refractivity contribution is 5.84. The molecule has 1 aromatic carbocycles. The van der Waals surface area contributed by atoms with E-state index >= 15 is 0 Å². The number of anilines is 1. The van der Waals surface area contributed by atoms with Crippen molar-refractivity contribution < 1.29 is 14.8 Å². The number of hydrogen-bond donors (Lipinski definition) is 1. The minimum absolute atomic E-state index is 0.141. The van der Waals surface area contributed by atoms with Crippen LogP contribution in [-0.2, 0) is 4.74 Å². The number of quaternary nitrogens is 1. The van der Waals surface area contributed by atoms with E-state index in [1.165, 1.54) is 17.8 Å². The predicted molar refractivity (Wildman–Crippen MR) is 153 cm³/mol. The van der Waals surface area contributed by atoms with Crippen LogP contribution in [0.25, 0.3) is 10.9 Å². The van der Waals surface area contributed by atoms with Gasteiger partial charge >= 0.3 is 6.03 Å². The van der Waals surface area contributed by atoms with Crippen LogP contribution in [-0.4, -0.2) is 103 Å². The Morgan fingerprint density at radius 2 is 1.79 bits per heavy atom. The molecule has 208 valence electrons. The molecule has 1 aromatic heterocycles. The van der Waals surface area contributed by atoms with Crippen molar-refractivity contribution in [3.05, 3.63) is 53.8 Å². The zero-order chi connectivity index (χ0) is 26.8.